The first-order chi connectivity index (χ1) is 23.1. The fourth-order valence-corrected chi connectivity index (χ4v) is 4.69. The van der Waals surface area contributed by atoms with Gasteiger partial charge in [0.15, 0.2) is 12.2 Å². The van der Waals surface area contributed by atoms with Gasteiger partial charge in [0.1, 0.15) is 0 Å². The van der Waals surface area contributed by atoms with E-state index in [4.69, 9.17) is 9.47 Å². The molecule has 0 radical (unpaired) electrons. The van der Waals surface area contributed by atoms with Gasteiger partial charge in [-0.3, -0.25) is 29.8 Å². The molecule has 0 fully saturated rings. The van der Waals surface area contributed by atoms with E-state index in [9.17, 15) is 39.4 Å². The monoisotopic (exact) mass is 644 g/mol. The van der Waals surface area contributed by atoms with Gasteiger partial charge in [-0.2, -0.15) is 0 Å². The van der Waals surface area contributed by atoms with Gasteiger partial charge in [0.25, 0.3) is 11.4 Å². The van der Waals surface area contributed by atoms with Gasteiger partial charge in [-0.05, 0) is 48.5 Å². The molecule has 0 N–H and O–H groups in total. The van der Waals surface area contributed by atoms with Gasteiger partial charge >= 0.3 is 11.9 Å². The number of benzene rings is 5. The normalized spacial score (nSPS) is 11.8. The highest BCUT2D eigenvalue weighted by molar-refractivity contribution is 6.03. The number of nitrogens with zero attached hydrogens (tertiary/aromatic N) is 2. The molecule has 0 aliphatic carbocycles. The molecule has 5 aromatic carbocycles. The molecule has 0 saturated heterocycles. The Morgan fingerprint density at radius 2 is 0.750 bits per heavy atom. The second-order valence-electron chi connectivity index (χ2n) is 10.3. The highest BCUT2D eigenvalue weighted by atomic mass is 16.6. The number of carbonyl (C=O) groups excluding carboxylic acids is 4. The van der Waals surface area contributed by atoms with Crippen molar-refractivity contribution in [2.24, 2.45) is 0 Å². The van der Waals surface area contributed by atoms with E-state index in [-0.39, 0.29) is 44.8 Å². The minimum Gasteiger partial charge on any atom is -0.445 e. The summed E-state index contributed by atoms with van der Waals surface area (Å²) >= 11 is 0. The topological polar surface area (TPSA) is 173 Å². The number of nitro groups is 2. The summed E-state index contributed by atoms with van der Waals surface area (Å²) in [6.07, 6.45) is -2.87. The molecular formula is C36H24N2O10. The van der Waals surface area contributed by atoms with Crippen LogP contribution in [0.1, 0.15) is 64.8 Å². The largest absolute Gasteiger partial charge is 0.445 e. The second kappa shape index (κ2) is 14.5. The Morgan fingerprint density at radius 1 is 0.438 bits per heavy atom. The third kappa shape index (κ3) is 7.51. The van der Waals surface area contributed by atoms with E-state index in [1.165, 1.54) is 72.8 Å². The Kier molecular flexibility index (Phi) is 9.85. The van der Waals surface area contributed by atoms with Crippen LogP contribution >= 0.6 is 0 Å². The third-order valence-corrected chi connectivity index (χ3v) is 7.21. The van der Waals surface area contributed by atoms with Crippen LogP contribution in [0.3, 0.4) is 0 Å². The van der Waals surface area contributed by atoms with E-state index in [0.717, 1.165) is 0 Å². The maximum Gasteiger partial charge on any atom is 0.339 e. The predicted molar refractivity (Wildman–Crippen MR) is 170 cm³/mol. The van der Waals surface area contributed by atoms with E-state index < -0.39 is 45.6 Å². The number of esters is 2. The van der Waals surface area contributed by atoms with E-state index >= 15 is 0 Å². The molecule has 0 aromatic heterocycles. The Morgan fingerprint density at radius 3 is 1.04 bits per heavy atom. The summed E-state index contributed by atoms with van der Waals surface area (Å²) in [6.45, 7) is 0. The molecule has 0 bridgehead atoms. The van der Waals surface area contributed by atoms with Crippen LogP contribution in [0.4, 0.5) is 11.4 Å². The summed E-state index contributed by atoms with van der Waals surface area (Å²) in [7, 11) is 0. The first-order valence-corrected chi connectivity index (χ1v) is 14.3. The zero-order valence-corrected chi connectivity index (χ0v) is 24.8. The number of ketones is 2. The molecule has 0 aliphatic heterocycles. The smallest absolute Gasteiger partial charge is 0.339 e. The summed E-state index contributed by atoms with van der Waals surface area (Å²) in [5.74, 6) is -2.94. The zero-order valence-electron chi connectivity index (χ0n) is 24.8. The Balaban J connectivity index is 1.36. The fourth-order valence-electron chi connectivity index (χ4n) is 4.69. The van der Waals surface area contributed by atoms with Gasteiger partial charge in [-0.15, -0.1) is 0 Å². The molecule has 5 rings (SSSR count). The Bertz CT molecular complexity index is 1830. The van der Waals surface area contributed by atoms with Crippen LogP contribution in [0.5, 0.6) is 0 Å². The molecule has 0 unspecified atom stereocenters. The molecule has 0 heterocycles. The van der Waals surface area contributed by atoms with Crippen molar-refractivity contribution >= 4 is 34.9 Å². The lowest BCUT2D eigenvalue weighted by Gasteiger charge is -2.18. The standard InChI is InChI=1S/C36H24N2O10/c39-31(23-7-3-1-4-8-23)33(25-15-19-29(20-16-25)37(43)44)47-35(41)27-11-13-28(14-12-27)36(42)48-34(32(40)24-9-5-2-6-10-24)26-17-21-30(22-18-26)38(45)46/h1-22,33-34H/t33-,34-/m1/s1. The van der Waals surface area contributed by atoms with E-state index in [0.29, 0.717) is 0 Å². The van der Waals surface area contributed by atoms with Gasteiger partial charge in [-0.1, -0.05) is 60.7 Å². The Hall–Kier alpha value is -6.82. The maximum atomic E-state index is 13.4. The lowest BCUT2D eigenvalue weighted by atomic mass is 9.99. The molecule has 12 nitrogen and oxygen atoms in total. The lowest BCUT2D eigenvalue weighted by Crippen LogP contribution is -2.21. The first-order valence-electron chi connectivity index (χ1n) is 14.3. The molecular weight excluding hydrogens is 620 g/mol. The van der Waals surface area contributed by atoms with E-state index in [1.54, 1.807) is 60.7 Å². The van der Waals surface area contributed by atoms with Crippen molar-refractivity contribution in [2.45, 2.75) is 12.2 Å². The summed E-state index contributed by atoms with van der Waals surface area (Å²) in [5, 5.41) is 22.2. The second-order valence-corrected chi connectivity index (χ2v) is 10.3. The molecule has 48 heavy (non-hydrogen) atoms. The van der Waals surface area contributed by atoms with Crippen molar-refractivity contribution < 1.29 is 38.5 Å². The number of nitro benzene ring substituents is 2. The van der Waals surface area contributed by atoms with E-state index in [2.05, 4.69) is 0 Å². The van der Waals surface area contributed by atoms with Crippen LogP contribution in [0.25, 0.3) is 0 Å². The lowest BCUT2D eigenvalue weighted by molar-refractivity contribution is -0.385. The molecule has 5 aromatic rings. The van der Waals surface area contributed by atoms with Crippen LogP contribution in [0.2, 0.25) is 0 Å². The molecule has 0 amide bonds. The van der Waals surface area contributed by atoms with Gasteiger partial charge in [-0.25, -0.2) is 9.59 Å². The minimum absolute atomic E-state index is 0.0217. The quantitative estimate of drug-likeness (QED) is 0.0592. The van der Waals surface area contributed by atoms with Crippen LogP contribution in [-0.4, -0.2) is 33.4 Å². The number of hydrogen-bond acceptors (Lipinski definition) is 10. The number of carbonyl (C=O) groups is 4. The van der Waals surface area contributed by atoms with Gasteiger partial charge < -0.3 is 9.47 Å². The molecule has 0 aliphatic rings. The molecule has 238 valence electrons. The van der Waals surface area contributed by atoms with Crippen molar-refractivity contribution in [2.75, 3.05) is 0 Å². The highest BCUT2D eigenvalue weighted by Gasteiger charge is 2.29. The van der Waals surface area contributed by atoms with Crippen molar-refractivity contribution in [3.63, 3.8) is 0 Å². The summed E-state index contributed by atoms with van der Waals surface area (Å²) in [6, 6.07) is 31.3. The van der Waals surface area contributed by atoms with Gasteiger partial charge in [0.05, 0.1) is 21.0 Å². The fraction of sp³-hybridized carbons (Fsp3) is 0.0556. The average Bonchev–Trinajstić information content (AvgIpc) is 3.13. The van der Waals surface area contributed by atoms with Crippen LogP contribution in [0.15, 0.2) is 133 Å². The summed E-state index contributed by atoms with van der Waals surface area (Å²) < 4.78 is 11.2. The first kappa shape index (κ1) is 32.6. The molecule has 2 atom stereocenters. The minimum atomic E-state index is -1.43. The third-order valence-electron chi connectivity index (χ3n) is 7.21. The molecule has 12 heteroatoms. The highest BCUT2D eigenvalue weighted by Crippen LogP contribution is 2.28. The van der Waals surface area contributed by atoms with Gasteiger partial charge in [0.2, 0.25) is 11.6 Å². The summed E-state index contributed by atoms with van der Waals surface area (Å²) in [5.41, 5.74) is 0.461. The number of Topliss-reactive ketones (excluding diaryl/α,β-unsaturated/α-hetero) is 2. The van der Waals surface area contributed by atoms with Crippen molar-refractivity contribution in [1.82, 2.24) is 0 Å². The van der Waals surface area contributed by atoms with E-state index in [1.807, 2.05) is 0 Å². The van der Waals surface area contributed by atoms with Crippen LogP contribution < -0.4 is 0 Å². The number of hydrogen-bond donors (Lipinski definition) is 0. The Labute approximate surface area is 272 Å². The summed E-state index contributed by atoms with van der Waals surface area (Å²) in [4.78, 5) is 74.2. The number of rotatable bonds is 12. The number of non-ortho nitro benzene ring substituents is 2. The molecule has 0 saturated carbocycles. The van der Waals surface area contributed by atoms with Crippen molar-refractivity contribution in [3.8, 4) is 0 Å². The zero-order chi connectivity index (χ0) is 34.2. The van der Waals surface area contributed by atoms with Crippen LogP contribution in [0, 0.1) is 20.2 Å². The molecule has 0 spiro atoms. The van der Waals surface area contributed by atoms with Crippen molar-refractivity contribution in [1.29, 1.82) is 0 Å². The average molecular weight is 645 g/mol. The van der Waals surface area contributed by atoms with Gasteiger partial charge in [0, 0.05) is 46.5 Å². The predicted octanol–water partition coefficient (Wildman–Crippen LogP) is 7.07. The maximum absolute atomic E-state index is 13.4. The van der Waals surface area contributed by atoms with Crippen LogP contribution in [-0.2, 0) is 9.47 Å². The number of ether oxygens (including phenoxy) is 2. The SMILES string of the molecule is O=C(O[C@@H](C(=O)c1ccccc1)c1ccc([N+](=O)[O-])cc1)c1ccc(C(=O)O[C@@H](C(=O)c2ccccc2)c2ccc([N+](=O)[O-])cc2)cc1. The van der Waals surface area contributed by atoms with Crippen molar-refractivity contribution in [3.05, 3.63) is 187 Å².